The van der Waals surface area contributed by atoms with E-state index in [4.69, 9.17) is 27.3 Å². The van der Waals surface area contributed by atoms with Gasteiger partial charge in [0.25, 0.3) is 0 Å². The molecule has 2 N–H and O–H groups in total. The fourth-order valence-electron chi connectivity index (χ4n) is 1.18. The zero-order valence-corrected chi connectivity index (χ0v) is 9.29. The normalized spacial score (nSPS) is 11.9. The highest BCUT2D eigenvalue weighted by Crippen LogP contribution is 2.23. The lowest BCUT2D eigenvalue weighted by Gasteiger charge is -2.13. The Hall–Kier alpha value is -1.24. The molecular weight excluding hydrogens is 212 g/mol. The molecule has 0 bridgehead atoms. The second kappa shape index (κ2) is 5.59. The third kappa shape index (κ3) is 3.12. The Bertz CT molecular complexity index is 373. The first-order valence-corrected chi connectivity index (χ1v) is 5.13. The molecule has 1 atom stereocenters. The van der Waals surface area contributed by atoms with E-state index in [2.05, 4.69) is 6.07 Å². The van der Waals surface area contributed by atoms with Crippen LogP contribution in [0.5, 0.6) is 5.75 Å². The van der Waals surface area contributed by atoms with Gasteiger partial charge in [-0.05, 0) is 24.6 Å². The van der Waals surface area contributed by atoms with E-state index in [0.717, 1.165) is 5.56 Å². The monoisotopic (exact) mass is 224 g/mol. The van der Waals surface area contributed by atoms with Gasteiger partial charge in [-0.1, -0.05) is 18.5 Å². The number of benzene rings is 1. The van der Waals surface area contributed by atoms with Gasteiger partial charge in [-0.15, -0.1) is 0 Å². The van der Waals surface area contributed by atoms with Crippen LogP contribution in [-0.2, 0) is 6.54 Å². The molecular formula is C11H13ClN2O. The second-order valence-corrected chi connectivity index (χ2v) is 3.54. The number of hydrogen-bond acceptors (Lipinski definition) is 3. The van der Waals surface area contributed by atoms with Crippen LogP contribution in [0, 0.1) is 11.3 Å². The van der Waals surface area contributed by atoms with Gasteiger partial charge in [0.15, 0.2) is 6.10 Å². The van der Waals surface area contributed by atoms with Gasteiger partial charge >= 0.3 is 0 Å². The van der Waals surface area contributed by atoms with Crippen molar-refractivity contribution in [2.45, 2.75) is 26.0 Å². The van der Waals surface area contributed by atoms with Crippen LogP contribution in [0.1, 0.15) is 18.9 Å². The van der Waals surface area contributed by atoms with E-state index in [1.165, 1.54) is 0 Å². The Morgan fingerprint density at radius 3 is 2.87 bits per heavy atom. The average molecular weight is 225 g/mol. The van der Waals surface area contributed by atoms with Crippen LogP contribution in [0.2, 0.25) is 5.02 Å². The predicted octanol–water partition coefficient (Wildman–Crippen LogP) is 2.48. The van der Waals surface area contributed by atoms with Crippen LogP contribution in [0.25, 0.3) is 0 Å². The maximum atomic E-state index is 8.77. The minimum Gasteiger partial charge on any atom is -0.475 e. The number of halogens is 1. The van der Waals surface area contributed by atoms with Crippen molar-refractivity contribution in [1.82, 2.24) is 0 Å². The molecule has 0 aliphatic carbocycles. The number of ether oxygens (including phenoxy) is 1. The van der Waals surface area contributed by atoms with Gasteiger partial charge < -0.3 is 10.5 Å². The van der Waals surface area contributed by atoms with Crippen LogP contribution in [-0.4, -0.2) is 6.10 Å². The van der Waals surface area contributed by atoms with Gasteiger partial charge in [-0.2, -0.15) is 5.26 Å². The molecule has 1 aromatic rings. The summed E-state index contributed by atoms with van der Waals surface area (Å²) in [6.45, 7) is 2.24. The van der Waals surface area contributed by atoms with Crippen LogP contribution in [0.3, 0.4) is 0 Å². The standard InChI is InChI=1S/C11H13ClN2O/c1-2-10(7-14)15-11-4-3-9(12)5-8(11)6-13/h3-5,10H,2,6,13H2,1H3. The summed E-state index contributed by atoms with van der Waals surface area (Å²) in [5.41, 5.74) is 6.37. The molecule has 0 aromatic heterocycles. The largest absolute Gasteiger partial charge is 0.475 e. The molecule has 4 heteroatoms. The van der Waals surface area contributed by atoms with Gasteiger partial charge in [0.05, 0.1) is 0 Å². The number of rotatable bonds is 4. The first-order chi connectivity index (χ1) is 7.21. The minimum absolute atomic E-state index is 0.345. The molecule has 80 valence electrons. The fraction of sp³-hybridized carbons (Fsp3) is 0.364. The first kappa shape index (κ1) is 11.8. The molecule has 0 saturated carbocycles. The number of nitrogens with two attached hydrogens (primary N) is 1. The van der Waals surface area contributed by atoms with Crippen molar-refractivity contribution < 1.29 is 4.74 Å². The summed E-state index contributed by atoms with van der Waals surface area (Å²) in [6, 6.07) is 7.28. The van der Waals surface area contributed by atoms with E-state index < -0.39 is 6.10 Å². The van der Waals surface area contributed by atoms with Crippen molar-refractivity contribution >= 4 is 11.6 Å². The third-order valence-electron chi connectivity index (χ3n) is 2.03. The highest BCUT2D eigenvalue weighted by Gasteiger charge is 2.09. The van der Waals surface area contributed by atoms with E-state index in [1.54, 1.807) is 18.2 Å². The van der Waals surface area contributed by atoms with Gasteiger partial charge in [0, 0.05) is 17.1 Å². The number of nitriles is 1. The van der Waals surface area contributed by atoms with Gasteiger partial charge in [0.1, 0.15) is 11.8 Å². The molecule has 15 heavy (non-hydrogen) atoms. The van der Waals surface area contributed by atoms with Crippen molar-refractivity contribution in [2.75, 3.05) is 0 Å². The van der Waals surface area contributed by atoms with Crippen molar-refractivity contribution in [2.24, 2.45) is 5.73 Å². The maximum Gasteiger partial charge on any atom is 0.184 e. The van der Waals surface area contributed by atoms with Crippen LogP contribution < -0.4 is 10.5 Å². The molecule has 3 nitrogen and oxygen atoms in total. The molecule has 0 heterocycles. The summed E-state index contributed by atoms with van der Waals surface area (Å²) in [4.78, 5) is 0. The summed E-state index contributed by atoms with van der Waals surface area (Å²) >= 11 is 5.82. The number of hydrogen-bond donors (Lipinski definition) is 1. The second-order valence-electron chi connectivity index (χ2n) is 3.10. The van der Waals surface area contributed by atoms with Crippen LogP contribution in [0.15, 0.2) is 18.2 Å². The van der Waals surface area contributed by atoms with Crippen molar-refractivity contribution in [1.29, 1.82) is 5.26 Å². The SMILES string of the molecule is CCC(C#N)Oc1ccc(Cl)cc1CN. The van der Waals surface area contributed by atoms with Gasteiger partial charge in [-0.3, -0.25) is 0 Å². The Kier molecular flexibility index (Phi) is 4.41. The maximum absolute atomic E-state index is 8.77. The quantitative estimate of drug-likeness (QED) is 0.855. The zero-order chi connectivity index (χ0) is 11.3. The van der Waals surface area contributed by atoms with E-state index in [0.29, 0.717) is 23.7 Å². The summed E-state index contributed by atoms with van der Waals surface area (Å²) in [5, 5.41) is 9.39. The zero-order valence-electron chi connectivity index (χ0n) is 8.53. The molecule has 0 radical (unpaired) electrons. The molecule has 0 aliphatic heterocycles. The van der Waals surface area contributed by atoms with E-state index >= 15 is 0 Å². The molecule has 0 spiro atoms. The summed E-state index contributed by atoms with van der Waals surface area (Å²) in [6.07, 6.45) is 0.208. The van der Waals surface area contributed by atoms with Crippen molar-refractivity contribution in [3.63, 3.8) is 0 Å². The fourth-order valence-corrected chi connectivity index (χ4v) is 1.37. The topological polar surface area (TPSA) is 59.0 Å². The first-order valence-electron chi connectivity index (χ1n) is 4.76. The number of nitrogens with zero attached hydrogens (tertiary/aromatic N) is 1. The smallest absolute Gasteiger partial charge is 0.184 e. The van der Waals surface area contributed by atoms with Crippen molar-refractivity contribution in [3.8, 4) is 11.8 Å². The highest BCUT2D eigenvalue weighted by molar-refractivity contribution is 6.30. The van der Waals surface area contributed by atoms with Crippen molar-refractivity contribution in [3.05, 3.63) is 28.8 Å². The van der Waals surface area contributed by atoms with E-state index in [-0.39, 0.29) is 0 Å². The van der Waals surface area contributed by atoms with Gasteiger partial charge in [-0.25, -0.2) is 0 Å². The third-order valence-corrected chi connectivity index (χ3v) is 2.26. The Labute approximate surface area is 94.4 Å². The molecule has 1 aromatic carbocycles. The van der Waals surface area contributed by atoms with Crippen LogP contribution in [0.4, 0.5) is 0 Å². The van der Waals surface area contributed by atoms with E-state index in [9.17, 15) is 0 Å². The molecule has 1 unspecified atom stereocenters. The highest BCUT2D eigenvalue weighted by atomic mass is 35.5. The molecule has 1 rings (SSSR count). The van der Waals surface area contributed by atoms with E-state index in [1.807, 2.05) is 6.92 Å². The Morgan fingerprint density at radius 1 is 1.60 bits per heavy atom. The minimum atomic E-state index is -0.434. The van der Waals surface area contributed by atoms with Crippen LogP contribution >= 0.6 is 11.6 Å². The molecule has 0 amide bonds. The molecule has 0 fully saturated rings. The summed E-state index contributed by atoms with van der Waals surface area (Å²) in [5.74, 6) is 0.635. The average Bonchev–Trinajstić information content (AvgIpc) is 2.27. The summed E-state index contributed by atoms with van der Waals surface area (Å²) in [7, 11) is 0. The lowest BCUT2D eigenvalue weighted by Crippen LogP contribution is -2.14. The predicted molar refractivity (Wildman–Crippen MR) is 59.7 cm³/mol. The molecule has 0 saturated heterocycles. The van der Waals surface area contributed by atoms with Gasteiger partial charge in [0.2, 0.25) is 0 Å². The molecule has 0 aliphatic rings. The lowest BCUT2D eigenvalue weighted by atomic mass is 10.2. The summed E-state index contributed by atoms with van der Waals surface area (Å²) < 4.78 is 5.49. The lowest BCUT2D eigenvalue weighted by molar-refractivity contribution is 0.249. The Morgan fingerprint density at radius 2 is 2.33 bits per heavy atom. The Balaban J connectivity index is 2.89.